The lowest BCUT2D eigenvalue weighted by Crippen LogP contribution is -2.30. The third-order valence-corrected chi connectivity index (χ3v) is 5.22. The molecule has 0 saturated carbocycles. The van der Waals surface area contributed by atoms with E-state index in [9.17, 15) is 9.59 Å². The fraction of sp³-hybridized carbons (Fsp3) is 0.238. The number of nitrogens with zero attached hydrogens (tertiary/aromatic N) is 1. The minimum Gasteiger partial charge on any atom is -0.457 e. The molecule has 1 fully saturated rings. The molecule has 0 spiro atoms. The predicted octanol–water partition coefficient (Wildman–Crippen LogP) is 4.98. The van der Waals surface area contributed by atoms with Crippen LogP contribution in [0.2, 0.25) is 5.02 Å². The van der Waals surface area contributed by atoms with Gasteiger partial charge in [0.15, 0.2) is 0 Å². The van der Waals surface area contributed by atoms with Crippen molar-refractivity contribution in [3.8, 4) is 11.5 Å². The van der Waals surface area contributed by atoms with E-state index >= 15 is 0 Å². The molecule has 1 heterocycles. The average molecular weight is 368 g/mol. The summed E-state index contributed by atoms with van der Waals surface area (Å²) in [6.45, 7) is 2.01. The smallest absolute Gasteiger partial charge is 0.238 e. The number of carbonyl (C=O) groups is 2. The molecule has 2 atom stereocenters. The first-order chi connectivity index (χ1) is 12.5. The fourth-order valence-electron chi connectivity index (χ4n) is 3.59. The van der Waals surface area contributed by atoms with Gasteiger partial charge >= 0.3 is 0 Å². The number of allylic oxidation sites excluding steroid dienone is 2. The van der Waals surface area contributed by atoms with Crippen molar-refractivity contribution < 1.29 is 14.3 Å². The van der Waals surface area contributed by atoms with Crippen LogP contribution in [0, 0.1) is 11.8 Å². The lowest BCUT2D eigenvalue weighted by molar-refractivity contribution is -0.122. The van der Waals surface area contributed by atoms with Crippen molar-refractivity contribution in [1.82, 2.24) is 0 Å². The molecule has 2 amide bonds. The first kappa shape index (κ1) is 16.9. The Morgan fingerprint density at radius 2 is 1.50 bits per heavy atom. The summed E-state index contributed by atoms with van der Waals surface area (Å²) in [7, 11) is 0. The summed E-state index contributed by atoms with van der Waals surface area (Å²) in [6.07, 6.45) is 3.39. The third kappa shape index (κ3) is 3.01. The summed E-state index contributed by atoms with van der Waals surface area (Å²) in [6, 6.07) is 14.1. The number of halogens is 1. The van der Waals surface area contributed by atoms with Crippen LogP contribution in [0.3, 0.4) is 0 Å². The molecule has 2 aromatic carbocycles. The Kier molecular flexibility index (Phi) is 4.29. The van der Waals surface area contributed by atoms with E-state index in [0.717, 1.165) is 0 Å². The van der Waals surface area contributed by atoms with Gasteiger partial charge in [0.2, 0.25) is 11.8 Å². The molecule has 0 radical (unpaired) electrons. The maximum absolute atomic E-state index is 12.7. The normalized spacial score (nSPS) is 22.2. The van der Waals surface area contributed by atoms with Gasteiger partial charge in [-0.25, -0.2) is 0 Å². The molecule has 1 saturated heterocycles. The largest absolute Gasteiger partial charge is 0.457 e. The summed E-state index contributed by atoms with van der Waals surface area (Å²) < 4.78 is 5.76. The number of hydrogen-bond donors (Lipinski definition) is 0. The van der Waals surface area contributed by atoms with Gasteiger partial charge < -0.3 is 4.74 Å². The van der Waals surface area contributed by atoms with Gasteiger partial charge in [-0.05, 0) is 68.3 Å². The molecular formula is C21H18ClNO3. The number of ether oxygens (including phenoxy) is 1. The second-order valence-corrected chi connectivity index (χ2v) is 7.20. The number of anilines is 1. The zero-order chi connectivity index (χ0) is 18.3. The van der Waals surface area contributed by atoms with Crippen LogP contribution < -0.4 is 9.64 Å². The topological polar surface area (TPSA) is 46.6 Å². The lowest BCUT2D eigenvalue weighted by atomic mass is 9.82. The molecular weight excluding hydrogens is 350 g/mol. The van der Waals surface area contributed by atoms with E-state index in [4.69, 9.17) is 16.3 Å². The Bertz CT molecular complexity index is 886. The highest BCUT2D eigenvalue weighted by atomic mass is 35.5. The van der Waals surface area contributed by atoms with Crippen LogP contribution in [-0.2, 0) is 9.59 Å². The van der Waals surface area contributed by atoms with Gasteiger partial charge in [-0.2, -0.15) is 0 Å². The van der Waals surface area contributed by atoms with Crippen LogP contribution in [0.25, 0.3) is 0 Å². The van der Waals surface area contributed by atoms with E-state index in [1.165, 1.54) is 10.5 Å². The molecule has 0 N–H and O–H groups in total. The molecule has 0 unspecified atom stereocenters. The Morgan fingerprint density at radius 3 is 2.15 bits per heavy atom. The quantitative estimate of drug-likeness (QED) is 0.568. The highest BCUT2D eigenvalue weighted by Gasteiger charge is 2.48. The van der Waals surface area contributed by atoms with Crippen molar-refractivity contribution in [1.29, 1.82) is 0 Å². The van der Waals surface area contributed by atoms with Gasteiger partial charge in [-0.3, -0.25) is 14.5 Å². The maximum Gasteiger partial charge on any atom is 0.238 e. The van der Waals surface area contributed by atoms with Crippen LogP contribution in [0.1, 0.15) is 19.8 Å². The second-order valence-electron chi connectivity index (χ2n) is 6.77. The highest BCUT2D eigenvalue weighted by Crippen LogP contribution is 2.40. The Labute approximate surface area is 157 Å². The SMILES string of the molecule is CC1=CC[C@@H]2C(=O)N(c3ccc(Oc4ccc(Cl)cc4)cc3)C(=O)[C@@H]2C1. The van der Waals surface area contributed by atoms with Gasteiger partial charge in [0.1, 0.15) is 11.5 Å². The first-order valence-electron chi connectivity index (χ1n) is 8.60. The van der Waals surface area contributed by atoms with Crippen LogP contribution >= 0.6 is 11.6 Å². The summed E-state index contributed by atoms with van der Waals surface area (Å²) >= 11 is 5.87. The summed E-state index contributed by atoms with van der Waals surface area (Å²) in [5.41, 5.74) is 1.77. The van der Waals surface area contributed by atoms with E-state index in [1.807, 2.05) is 6.92 Å². The maximum atomic E-state index is 12.7. The fourth-order valence-corrected chi connectivity index (χ4v) is 3.72. The van der Waals surface area contributed by atoms with Crippen LogP contribution in [0.5, 0.6) is 11.5 Å². The molecule has 1 aliphatic carbocycles. The van der Waals surface area contributed by atoms with E-state index in [2.05, 4.69) is 6.08 Å². The lowest BCUT2D eigenvalue weighted by Gasteiger charge is -2.18. The summed E-state index contributed by atoms with van der Waals surface area (Å²) in [5, 5.41) is 0.643. The molecule has 2 aromatic rings. The third-order valence-electron chi connectivity index (χ3n) is 4.97. The van der Waals surface area contributed by atoms with Crippen LogP contribution in [0.4, 0.5) is 5.69 Å². The minimum atomic E-state index is -0.226. The van der Waals surface area contributed by atoms with Crippen molar-refractivity contribution in [3.05, 3.63) is 65.2 Å². The second kappa shape index (κ2) is 6.61. The molecule has 0 bridgehead atoms. The number of rotatable bonds is 3. The monoisotopic (exact) mass is 367 g/mol. The van der Waals surface area contributed by atoms with Gasteiger partial charge in [0, 0.05) is 5.02 Å². The zero-order valence-electron chi connectivity index (χ0n) is 14.3. The number of carbonyl (C=O) groups excluding carboxylic acids is 2. The minimum absolute atomic E-state index is 0.0983. The molecule has 26 heavy (non-hydrogen) atoms. The predicted molar refractivity (Wildman–Crippen MR) is 100 cm³/mol. The van der Waals surface area contributed by atoms with E-state index in [1.54, 1.807) is 48.5 Å². The van der Waals surface area contributed by atoms with Crippen molar-refractivity contribution in [2.24, 2.45) is 11.8 Å². The van der Waals surface area contributed by atoms with Crippen molar-refractivity contribution in [2.45, 2.75) is 19.8 Å². The van der Waals surface area contributed by atoms with Crippen molar-refractivity contribution in [3.63, 3.8) is 0 Å². The number of hydrogen-bond acceptors (Lipinski definition) is 3. The number of benzene rings is 2. The van der Waals surface area contributed by atoms with Crippen LogP contribution in [-0.4, -0.2) is 11.8 Å². The van der Waals surface area contributed by atoms with Gasteiger partial charge in [-0.15, -0.1) is 0 Å². The Hall–Kier alpha value is -2.59. The number of imide groups is 1. The molecule has 132 valence electrons. The zero-order valence-corrected chi connectivity index (χ0v) is 15.1. The van der Waals surface area contributed by atoms with Gasteiger partial charge in [0.05, 0.1) is 17.5 Å². The first-order valence-corrected chi connectivity index (χ1v) is 8.97. The average Bonchev–Trinajstić information content (AvgIpc) is 2.88. The molecule has 2 aliphatic rings. The van der Waals surface area contributed by atoms with E-state index < -0.39 is 0 Å². The number of amides is 2. The standard InChI is InChI=1S/C21H18ClNO3/c1-13-2-11-18-19(12-13)21(25)23(20(18)24)15-5-9-17(10-6-15)26-16-7-3-14(22)4-8-16/h2-10,18-19H,11-12H2,1H3/t18-,19+/m0/s1. The molecule has 4 nitrogen and oxygen atoms in total. The Morgan fingerprint density at radius 1 is 0.923 bits per heavy atom. The van der Waals surface area contributed by atoms with Crippen molar-refractivity contribution >= 4 is 29.1 Å². The van der Waals surface area contributed by atoms with E-state index in [-0.39, 0.29) is 23.7 Å². The summed E-state index contributed by atoms with van der Waals surface area (Å²) in [4.78, 5) is 26.8. The Balaban J connectivity index is 1.53. The summed E-state index contributed by atoms with van der Waals surface area (Å²) in [5.74, 6) is 0.649. The highest BCUT2D eigenvalue weighted by molar-refractivity contribution is 6.30. The molecule has 1 aliphatic heterocycles. The van der Waals surface area contributed by atoms with Gasteiger partial charge in [0.25, 0.3) is 0 Å². The van der Waals surface area contributed by atoms with Crippen LogP contribution in [0.15, 0.2) is 60.2 Å². The molecule has 0 aromatic heterocycles. The van der Waals surface area contributed by atoms with E-state index in [0.29, 0.717) is 35.1 Å². The van der Waals surface area contributed by atoms with Gasteiger partial charge in [-0.1, -0.05) is 23.3 Å². The molecule has 5 heteroatoms. The number of fused-ring (bicyclic) bond motifs is 1. The van der Waals surface area contributed by atoms with Crippen molar-refractivity contribution in [2.75, 3.05) is 4.90 Å². The molecule has 4 rings (SSSR count).